The van der Waals surface area contributed by atoms with Crippen molar-refractivity contribution in [2.45, 2.75) is 65.3 Å². The molecule has 1 saturated heterocycles. The summed E-state index contributed by atoms with van der Waals surface area (Å²) >= 11 is 0. The number of cyclic esters (lactones) is 1. The summed E-state index contributed by atoms with van der Waals surface area (Å²) in [6.07, 6.45) is 4.94. The van der Waals surface area contributed by atoms with E-state index in [1.54, 1.807) is 0 Å². The zero-order chi connectivity index (χ0) is 15.4. The van der Waals surface area contributed by atoms with E-state index < -0.39 is 13.7 Å². The van der Waals surface area contributed by atoms with Crippen molar-refractivity contribution in [2.24, 2.45) is 10.8 Å². The number of carbonyl (C=O) groups excluding carboxylic acids is 1. The van der Waals surface area contributed by atoms with Gasteiger partial charge in [-0.15, -0.1) is 0 Å². The van der Waals surface area contributed by atoms with Crippen LogP contribution in [0.15, 0.2) is 12.2 Å². The molecule has 2 aliphatic rings. The molecule has 1 aliphatic heterocycles. The van der Waals surface area contributed by atoms with Crippen LogP contribution in [0.3, 0.4) is 0 Å². The Morgan fingerprint density at radius 2 is 1.95 bits per heavy atom. The van der Waals surface area contributed by atoms with Crippen molar-refractivity contribution in [1.29, 1.82) is 0 Å². The van der Waals surface area contributed by atoms with Crippen molar-refractivity contribution >= 4 is 14.3 Å². The minimum atomic E-state index is -1.92. The van der Waals surface area contributed by atoms with Gasteiger partial charge in [0.25, 0.3) is 0 Å². The molecule has 0 unspecified atom stereocenters. The summed E-state index contributed by atoms with van der Waals surface area (Å²) in [6.45, 7) is 15.8. The fraction of sp³-hybridized carbons (Fsp3) is 0.812. The highest BCUT2D eigenvalue weighted by atomic mass is 28.4. The Labute approximate surface area is 123 Å². The molecule has 0 bridgehead atoms. The molecule has 1 aliphatic carbocycles. The average molecular weight is 296 g/mol. The highest BCUT2D eigenvalue weighted by molar-refractivity contribution is 6.74. The fourth-order valence-electron chi connectivity index (χ4n) is 2.80. The van der Waals surface area contributed by atoms with Crippen LogP contribution in [0.4, 0.5) is 0 Å². The zero-order valence-electron chi connectivity index (χ0n) is 13.9. The van der Waals surface area contributed by atoms with Gasteiger partial charge in [-0.1, -0.05) is 39.8 Å². The maximum atomic E-state index is 12.4. The van der Waals surface area contributed by atoms with E-state index in [9.17, 15) is 4.79 Å². The molecule has 1 heterocycles. The van der Waals surface area contributed by atoms with Crippen molar-refractivity contribution in [1.82, 2.24) is 0 Å². The van der Waals surface area contributed by atoms with Crippen LogP contribution in [0.2, 0.25) is 18.1 Å². The molecule has 114 valence electrons. The average Bonchev–Trinajstić information content (AvgIpc) is 2.53. The summed E-state index contributed by atoms with van der Waals surface area (Å²) in [5.74, 6) is -0.104. The predicted molar refractivity (Wildman–Crippen MR) is 83.0 cm³/mol. The van der Waals surface area contributed by atoms with Crippen LogP contribution in [-0.2, 0) is 14.0 Å². The van der Waals surface area contributed by atoms with E-state index in [0.717, 1.165) is 6.42 Å². The van der Waals surface area contributed by atoms with Gasteiger partial charge in [0.2, 0.25) is 0 Å². The highest BCUT2D eigenvalue weighted by Crippen LogP contribution is 2.55. The van der Waals surface area contributed by atoms with Gasteiger partial charge in [0.1, 0.15) is 5.41 Å². The summed E-state index contributed by atoms with van der Waals surface area (Å²) in [5.41, 5.74) is -0.705. The van der Waals surface area contributed by atoms with Gasteiger partial charge < -0.3 is 9.16 Å². The molecule has 20 heavy (non-hydrogen) atoms. The Morgan fingerprint density at radius 3 is 2.50 bits per heavy atom. The van der Waals surface area contributed by atoms with E-state index >= 15 is 0 Å². The minimum absolute atomic E-state index is 0.104. The monoisotopic (exact) mass is 296 g/mol. The van der Waals surface area contributed by atoms with Crippen LogP contribution in [0, 0.1) is 10.8 Å². The van der Waals surface area contributed by atoms with Crippen molar-refractivity contribution in [3.63, 3.8) is 0 Å². The van der Waals surface area contributed by atoms with Crippen LogP contribution >= 0.6 is 0 Å². The molecule has 0 aromatic heterocycles. The number of fused-ring (bicyclic) bond motifs is 1. The van der Waals surface area contributed by atoms with E-state index in [2.05, 4.69) is 52.9 Å². The van der Waals surface area contributed by atoms with Gasteiger partial charge in [-0.2, -0.15) is 0 Å². The van der Waals surface area contributed by atoms with Gasteiger partial charge in [-0.25, -0.2) is 0 Å². The molecule has 2 rings (SSSR count). The van der Waals surface area contributed by atoms with E-state index in [4.69, 9.17) is 9.16 Å². The second-order valence-electron chi connectivity index (χ2n) is 8.27. The van der Waals surface area contributed by atoms with Gasteiger partial charge in [0.05, 0.1) is 12.7 Å². The van der Waals surface area contributed by atoms with Crippen LogP contribution < -0.4 is 0 Å². The smallest absolute Gasteiger partial charge is 0.315 e. The van der Waals surface area contributed by atoms with Crippen LogP contribution in [0.1, 0.15) is 41.0 Å². The first-order valence-corrected chi connectivity index (χ1v) is 10.4. The quantitative estimate of drug-likeness (QED) is 0.440. The van der Waals surface area contributed by atoms with Crippen molar-refractivity contribution in [2.75, 3.05) is 6.61 Å². The first-order valence-electron chi connectivity index (χ1n) is 7.46. The highest BCUT2D eigenvalue weighted by Gasteiger charge is 2.62. The third-order valence-electron chi connectivity index (χ3n) is 5.88. The number of hydrogen-bond donors (Lipinski definition) is 0. The van der Waals surface area contributed by atoms with Crippen molar-refractivity contribution < 1.29 is 14.0 Å². The molecular weight excluding hydrogens is 268 g/mol. The Kier molecular flexibility index (Phi) is 3.50. The largest absolute Gasteiger partial charge is 0.465 e. The van der Waals surface area contributed by atoms with Crippen molar-refractivity contribution in [3.8, 4) is 0 Å². The molecule has 3 atom stereocenters. The number of rotatable bonds is 2. The summed E-state index contributed by atoms with van der Waals surface area (Å²) in [5, 5.41) is 0.132. The molecule has 3 nitrogen and oxygen atoms in total. The summed E-state index contributed by atoms with van der Waals surface area (Å²) in [4.78, 5) is 12.4. The van der Waals surface area contributed by atoms with Gasteiger partial charge in [-0.3, -0.25) is 4.79 Å². The lowest BCUT2D eigenvalue weighted by Gasteiger charge is -2.48. The maximum absolute atomic E-state index is 12.4. The Morgan fingerprint density at radius 1 is 1.35 bits per heavy atom. The molecule has 0 spiro atoms. The molecule has 1 fully saturated rings. The van der Waals surface area contributed by atoms with Gasteiger partial charge >= 0.3 is 5.97 Å². The lowest BCUT2D eigenvalue weighted by Crippen LogP contribution is -2.55. The predicted octanol–water partition coefficient (Wildman–Crippen LogP) is 3.91. The first kappa shape index (κ1) is 15.8. The van der Waals surface area contributed by atoms with Gasteiger partial charge in [0, 0.05) is 5.41 Å². The lowest BCUT2D eigenvalue weighted by atomic mass is 9.60. The van der Waals surface area contributed by atoms with E-state index in [1.165, 1.54) is 0 Å². The second-order valence-corrected chi connectivity index (χ2v) is 13.0. The minimum Gasteiger partial charge on any atom is -0.465 e. The third kappa shape index (κ3) is 2.08. The summed E-state index contributed by atoms with van der Waals surface area (Å²) < 4.78 is 11.9. The topological polar surface area (TPSA) is 35.5 Å². The number of ether oxygens (including phenoxy) is 1. The Hall–Kier alpha value is -0.613. The van der Waals surface area contributed by atoms with E-state index in [1.807, 2.05) is 6.92 Å². The van der Waals surface area contributed by atoms with Crippen LogP contribution in [0.25, 0.3) is 0 Å². The number of carbonyl (C=O) groups is 1. The Bertz CT molecular complexity index is 449. The lowest BCUT2D eigenvalue weighted by molar-refractivity contribution is -0.150. The molecule has 0 radical (unpaired) electrons. The summed E-state index contributed by atoms with van der Waals surface area (Å²) in [7, 11) is -1.92. The summed E-state index contributed by atoms with van der Waals surface area (Å²) in [6, 6.07) is 0. The molecule has 4 heteroatoms. The normalized spacial score (nSPS) is 37.8. The number of allylic oxidation sites excluding steroid dienone is 1. The second kappa shape index (κ2) is 4.44. The molecule has 0 N–H and O–H groups in total. The number of hydrogen-bond acceptors (Lipinski definition) is 3. The molecular formula is C16H28O3Si. The number of esters is 1. The molecule has 0 aromatic carbocycles. The molecule has 0 aromatic rings. The Balaban J connectivity index is 2.35. The van der Waals surface area contributed by atoms with Gasteiger partial charge in [-0.05, 0) is 31.5 Å². The van der Waals surface area contributed by atoms with E-state index in [-0.39, 0.29) is 22.5 Å². The first-order chi connectivity index (χ1) is 8.94. The van der Waals surface area contributed by atoms with Gasteiger partial charge in [0.15, 0.2) is 8.32 Å². The van der Waals surface area contributed by atoms with Crippen LogP contribution in [0.5, 0.6) is 0 Å². The molecule has 0 amide bonds. The SMILES string of the molecule is CC(C)(C)[Si](C)(C)O[C@H]1C=CC[C@]2(C)COC(=O)[C@]12C. The van der Waals surface area contributed by atoms with Crippen LogP contribution in [-0.4, -0.2) is 27.0 Å². The zero-order valence-corrected chi connectivity index (χ0v) is 14.9. The fourth-order valence-corrected chi connectivity index (χ4v) is 4.10. The van der Waals surface area contributed by atoms with Crippen molar-refractivity contribution in [3.05, 3.63) is 12.2 Å². The molecule has 0 saturated carbocycles. The maximum Gasteiger partial charge on any atom is 0.315 e. The standard InChI is InChI=1S/C16H28O3Si/c1-14(2,3)20(6,7)19-12-9-8-10-15(4)11-18-13(17)16(12,15)5/h8-9,12H,10-11H2,1-7H3/t12-,15+,16-/m0/s1. The third-order valence-corrected chi connectivity index (χ3v) is 10.3. The van der Waals surface area contributed by atoms with E-state index in [0.29, 0.717) is 6.61 Å².